The third kappa shape index (κ3) is 20.7. The van der Waals surface area contributed by atoms with Gasteiger partial charge in [0, 0.05) is 11.8 Å². The van der Waals surface area contributed by atoms with Crippen molar-refractivity contribution in [1.29, 1.82) is 0 Å². The molecule has 0 amide bonds. The fraction of sp³-hybridized carbons (Fsp3) is 0.609. The smallest absolute Gasteiger partial charge is 0.304 e. The number of nitro groups is 1. The Morgan fingerprint density at radius 1 is 0.931 bits per heavy atom. The summed E-state index contributed by atoms with van der Waals surface area (Å²) in [5.41, 5.74) is 0.157. The lowest BCUT2D eigenvalue weighted by Crippen LogP contribution is -1.96. The average molecular weight is 424 g/mol. The zero-order valence-electron chi connectivity index (χ0n) is 17.8. The van der Waals surface area contributed by atoms with Crippen LogP contribution in [0.25, 0.3) is 0 Å². The summed E-state index contributed by atoms with van der Waals surface area (Å²) < 4.78 is 0. The molecule has 0 bridgehead atoms. The molecule has 0 saturated heterocycles. The van der Waals surface area contributed by atoms with Crippen LogP contribution in [0.3, 0.4) is 0 Å². The number of carbonyl (C=O) groups is 1. The molecule has 0 aromatic carbocycles. The van der Waals surface area contributed by atoms with E-state index in [4.69, 9.17) is 5.11 Å². The van der Waals surface area contributed by atoms with Crippen molar-refractivity contribution in [2.45, 2.75) is 77.6 Å². The maximum atomic E-state index is 11.1. The van der Waals surface area contributed by atoms with E-state index in [0.717, 1.165) is 44.3 Å². The minimum atomic E-state index is -0.760. The standard InChI is InChI=1S/C23H37NO4S/c1-2-3-4-5-6-7-8-9-10-11-14-17-22(24(27)28)18-15-12-13-16-20-29-21-19-23(25)26/h6-7,9-10,15,17-18H,2-5,8,11-14,16,19-21H2,1H3,(H,25,26). The normalized spacial score (nSPS) is 12.5. The molecule has 0 aliphatic rings. The third-order valence-corrected chi connectivity index (χ3v) is 5.21. The molecule has 164 valence electrons. The first-order valence-electron chi connectivity index (χ1n) is 10.7. The summed E-state index contributed by atoms with van der Waals surface area (Å²) in [4.78, 5) is 21.2. The molecule has 6 heteroatoms. The predicted molar refractivity (Wildman–Crippen MR) is 124 cm³/mol. The van der Waals surface area contributed by atoms with Gasteiger partial charge in [-0.25, -0.2) is 0 Å². The van der Waals surface area contributed by atoms with E-state index in [9.17, 15) is 14.9 Å². The van der Waals surface area contributed by atoms with Crippen LogP contribution in [0.4, 0.5) is 0 Å². The van der Waals surface area contributed by atoms with Crippen LogP contribution >= 0.6 is 11.8 Å². The SMILES string of the molecule is CCCCCC=CCC=CCCC=C(C=CCCCCSCCC(=O)O)[N+](=O)[O-]. The van der Waals surface area contributed by atoms with Crippen molar-refractivity contribution < 1.29 is 14.8 Å². The Bertz CT molecular complexity index is 553. The monoisotopic (exact) mass is 423 g/mol. The van der Waals surface area contributed by atoms with E-state index in [1.165, 1.54) is 19.3 Å². The molecule has 0 rings (SSSR count). The molecule has 0 heterocycles. The highest BCUT2D eigenvalue weighted by Crippen LogP contribution is 2.10. The lowest BCUT2D eigenvalue weighted by Gasteiger charge is -1.98. The summed E-state index contributed by atoms with van der Waals surface area (Å²) in [6.45, 7) is 2.20. The van der Waals surface area contributed by atoms with Crippen molar-refractivity contribution in [2.75, 3.05) is 11.5 Å². The van der Waals surface area contributed by atoms with Gasteiger partial charge in [0.15, 0.2) is 0 Å². The fourth-order valence-corrected chi connectivity index (χ4v) is 3.41. The molecule has 0 atom stereocenters. The van der Waals surface area contributed by atoms with Gasteiger partial charge in [-0.3, -0.25) is 14.9 Å². The summed E-state index contributed by atoms with van der Waals surface area (Å²) in [5.74, 6) is 0.812. The van der Waals surface area contributed by atoms with Gasteiger partial charge >= 0.3 is 5.97 Å². The Morgan fingerprint density at radius 2 is 1.62 bits per heavy atom. The van der Waals surface area contributed by atoms with Gasteiger partial charge in [0.2, 0.25) is 0 Å². The zero-order valence-corrected chi connectivity index (χ0v) is 18.6. The summed E-state index contributed by atoms with van der Waals surface area (Å²) in [5, 5.41) is 19.7. The van der Waals surface area contributed by atoms with Crippen LogP contribution in [-0.4, -0.2) is 27.5 Å². The molecule has 0 aromatic rings. The summed E-state index contributed by atoms with van der Waals surface area (Å²) in [6.07, 6.45) is 24.0. The number of rotatable bonds is 19. The number of allylic oxidation sites excluding steroid dienone is 7. The molecule has 5 nitrogen and oxygen atoms in total. The number of hydrogen-bond acceptors (Lipinski definition) is 4. The highest BCUT2D eigenvalue weighted by atomic mass is 32.2. The number of unbranched alkanes of at least 4 members (excludes halogenated alkanes) is 6. The van der Waals surface area contributed by atoms with Crippen molar-refractivity contribution in [2.24, 2.45) is 0 Å². The van der Waals surface area contributed by atoms with Gasteiger partial charge in [-0.1, -0.05) is 50.1 Å². The van der Waals surface area contributed by atoms with Crippen molar-refractivity contribution in [3.05, 3.63) is 58.3 Å². The molecule has 0 fully saturated rings. The molecular formula is C23H37NO4S. The average Bonchev–Trinajstić information content (AvgIpc) is 2.68. The quantitative estimate of drug-likeness (QED) is 0.0799. The Kier molecular flexibility index (Phi) is 19.6. The first-order chi connectivity index (χ1) is 14.1. The molecule has 0 aliphatic heterocycles. The molecule has 0 saturated carbocycles. The number of nitrogens with zero attached hydrogens (tertiary/aromatic N) is 1. The molecule has 29 heavy (non-hydrogen) atoms. The Morgan fingerprint density at radius 3 is 2.31 bits per heavy atom. The number of thioether (sulfide) groups is 1. The Hall–Kier alpha value is -1.82. The largest absolute Gasteiger partial charge is 0.481 e. The second-order valence-electron chi connectivity index (χ2n) is 6.79. The van der Waals surface area contributed by atoms with Gasteiger partial charge in [0.05, 0.1) is 11.3 Å². The molecule has 0 spiro atoms. The second-order valence-corrected chi connectivity index (χ2v) is 8.02. The summed E-state index contributed by atoms with van der Waals surface area (Å²) in [6, 6.07) is 0. The van der Waals surface area contributed by atoms with Crippen LogP contribution in [0.5, 0.6) is 0 Å². The van der Waals surface area contributed by atoms with Gasteiger partial charge < -0.3 is 5.11 Å². The maximum Gasteiger partial charge on any atom is 0.304 e. The molecule has 1 N–H and O–H groups in total. The lowest BCUT2D eigenvalue weighted by atomic mass is 10.2. The van der Waals surface area contributed by atoms with Gasteiger partial charge in [-0.2, -0.15) is 11.8 Å². The van der Waals surface area contributed by atoms with Gasteiger partial charge in [-0.15, -0.1) is 0 Å². The van der Waals surface area contributed by atoms with Crippen molar-refractivity contribution in [1.82, 2.24) is 0 Å². The van der Waals surface area contributed by atoms with Crippen LogP contribution in [0.15, 0.2) is 48.2 Å². The second kappa shape index (κ2) is 20.9. The minimum Gasteiger partial charge on any atom is -0.481 e. The number of carboxylic acids is 1. The highest BCUT2D eigenvalue weighted by molar-refractivity contribution is 7.99. The van der Waals surface area contributed by atoms with Crippen LogP contribution < -0.4 is 0 Å². The van der Waals surface area contributed by atoms with Crippen molar-refractivity contribution in [3.8, 4) is 0 Å². The summed E-state index contributed by atoms with van der Waals surface area (Å²) >= 11 is 1.64. The van der Waals surface area contributed by atoms with Crippen LogP contribution in [0.1, 0.15) is 77.6 Å². The number of aliphatic carboxylic acids is 1. The topological polar surface area (TPSA) is 80.4 Å². The fourth-order valence-electron chi connectivity index (χ4n) is 2.48. The zero-order chi connectivity index (χ0) is 21.6. The number of hydrogen-bond donors (Lipinski definition) is 1. The Labute approximate surface area is 180 Å². The molecule has 0 radical (unpaired) electrons. The molecule has 0 unspecified atom stereocenters. The van der Waals surface area contributed by atoms with Crippen molar-refractivity contribution >= 4 is 17.7 Å². The molecule has 0 aliphatic carbocycles. The molecular weight excluding hydrogens is 386 g/mol. The van der Waals surface area contributed by atoms with Crippen LogP contribution in [0, 0.1) is 10.1 Å². The van der Waals surface area contributed by atoms with E-state index >= 15 is 0 Å². The highest BCUT2D eigenvalue weighted by Gasteiger charge is 2.04. The van der Waals surface area contributed by atoms with E-state index in [-0.39, 0.29) is 17.0 Å². The van der Waals surface area contributed by atoms with Crippen molar-refractivity contribution in [3.63, 3.8) is 0 Å². The van der Waals surface area contributed by atoms with Crippen LogP contribution in [0.2, 0.25) is 0 Å². The van der Waals surface area contributed by atoms with E-state index in [1.54, 1.807) is 23.9 Å². The predicted octanol–water partition coefficient (Wildman–Crippen LogP) is 6.94. The molecule has 0 aromatic heterocycles. The maximum absolute atomic E-state index is 11.1. The summed E-state index contributed by atoms with van der Waals surface area (Å²) in [7, 11) is 0. The van der Waals surface area contributed by atoms with E-state index in [0.29, 0.717) is 12.2 Å². The van der Waals surface area contributed by atoms with Gasteiger partial charge in [-0.05, 0) is 63.2 Å². The Balaban J connectivity index is 3.90. The van der Waals surface area contributed by atoms with Gasteiger partial charge in [0.25, 0.3) is 5.70 Å². The van der Waals surface area contributed by atoms with E-state index in [2.05, 4.69) is 31.2 Å². The van der Waals surface area contributed by atoms with E-state index < -0.39 is 5.97 Å². The first kappa shape index (κ1) is 27.2. The van der Waals surface area contributed by atoms with E-state index in [1.807, 2.05) is 6.08 Å². The minimum absolute atomic E-state index is 0.157. The van der Waals surface area contributed by atoms with Gasteiger partial charge in [0.1, 0.15) is 0 Å². The third-order valence-electron chi connectivity index (χ3n) is 4.14. The number of carboxylic acid groups (broad SMARTS) is 1. The van der Waals surface area contributed by atoms with Crippen LogP contribution in [-0.2, 0) is 4.79 Å². The first-order valence-corrected chi connectivity index (χ1v) is 11.8. The lowest BCUT2D eigenvalue weighted by molar-refractivity contribution is -0.419.